The van der Waals surface area contributed by atoms with Crippen LogP contribution in [0.3, 0.4) is 0 Å². The van der Waals surface area contributed by atoms with E-state index in [4.69, 9.17) is 9.84 Å². The normalized spacial score (nSPS) is 10.5. The van der Waals surface area contributed by atoms with Gasteiger partial charge in [0.1, 0.15) is 18.2 Å². The topological polar surface area (TPSA) is 132 Å². The summed E-state index contributed by atoms with van der Waals surface area (Å²) in [4.78, 5) is 22.5. The molecule has 2 aromatic rings. The molecule has 0 saturated carbocycles. The Bertz CT molecular complexity index is 639. The number of methoxy groups -OCH3 is 1. The fraction of sp³-hybridized carbons (Fsp3) is 0.400. The van der Waals surface area contributed by atoms with Crippen molar-refractivity contribution in [3.63, 3.8) is 0 Å². The third-order valence-electron chi connectivity index (χ3n) is 2.30. The molecule has 2 heterocycles. The number of amides is 1. The molecular weight excluding hydrogens is 300 g/mol. The van der Waals surface area contributed by atoms with Crippen molar-refractivity contribution in [1.29, 1.82) is 0 Å². The number of hydrogen-bond donors (Lipinski definition) is 2. The predicted octanol–water partition coefficient (Wildman–Crippen LogP) is -0.458. The van der Waals surface area contributed by atoms with E-state index < -0.39 is 11.9 Å². The van der Waals surface area contributed by atoms with Gasteiger partial charge in [0.05, 0.1) is 18.3 Å². The molecule has 0 fully saturated rings. The highest BCUT2D eigenvalue weighted by Gasteiger charge is 2.13. The van der Waals surface area contributed by atoms with Crippen LogP contribution in [0.1, 0.15) is 10.7 Å². The van der Waals surface area contributed by atoms with Crippen molar-refractivity contribution in [2.75, 3.05) is 12.4 Å². The number of carboxylic acid groups (broad SMARTS) is 1. The Hall–Kier alpha value is -2.40. The standard InChI is InChI=1S/C10H12N6O4S/c1-20-5-8-13-14-10(21-8)12-7(17)4-16-6(2-9(18)19)3-11-15-16/h3H,2,4-5H2,1H3,(H,18,19)(H,12,14,17). The monoisotopic (exact) mass is 312 g/mol. The Kier molecular flexibility index (Phi) is 4.90. The third-order valence-corrected chi connectivity index (χ3v) is 3.12. The van der Waals surface area contributed by atoms with Gasteiger partial charge in [0.15, 0.2) is 0 Å². The molecule has 0 aliphatic carbocycles. The van der Waals surface area contributed by atoms with Gasteiger partial charge in [-0.05, 0) is 0 Å². The minimum Gasteiger partial charge on any atom is -0.481 e. The lowest BCUT2D eigenvalue weighted by Gasteiger charge is -2.03. The van der Waals surface area contributed by atoms with Crippen LogP contribution in [0.5, 0.6) is 0 Å². The van der Waals surface area contributed by atoms with E-state index >= 15 is 0 Å². The number of carbonyl (C=O) groups excluding carboxylic acids is 1. The van der Waals surface area contributed by atoms with Crippen molar-refractivity contribution >= 4 is 28.3 Å². The molecule has 0 aromatic carbocycles. The molecule has 0 radical (unpaired) electrons. The lowest BCUT2D eigenvalue weighted by atomic mass is 10.3. The van der Waals surface area contributed by atoms with E-state index in [1.807, 2.05) is 0 Å². The van der Waals surface area contributed by atoms with Crippen LogP contribution in [0, 0.1) is 0 Å². The molecule has 0 atom stereocenters. The van der Waals surface area contributed by atoms with E-state index in [0.717, 1.165) is 0 Å². The number of hydrogen-bond acceptors (Lipinski definition) is 8. The van der Waals surface area contributed by atoms with Gasteiger partial charge in [-0.1, -0.05) is 16.6 Å². The van der Waals surface area contributed by atoms with Gasteiger partial charge in [-0.15, -0.1) is 15.3 Å². The van der Waals surface area contributed by atoms with Crippen molar-refractivity contribution in [3.05, 3.63) is 16.9 Å². The maximum atomic E-state index is 11.8. The quantitative estimate of drug-likeness (QED) is 0.702. The molecule has 1 amide bonds. The van der Waals surface area contributed by atoms with Gasteiger partial charge in [0.25, 0.3) is 0 Å². The van der Waals surface area contributed by atoms with Crippen LogP contribution in [-0.2, 0) is 33.9 Å². The number of nitrogens with zero attached hydrogens (tertiary/aromatic N) is 5. The molecule has 2 aromatic heterocycles. The number of ether oxygens (including phenoxy) is 1. The molecular formula is C10H12N6O4S. The first kappa shape index (κ1) is 15.0. The van der Waals surface area contributed by atoms with E-state index in [9.17, 15) is 9.59 Å². The van der Waals surface area contributed by atoms with Crippen molar-refractivity contribution in [1.82, 2.24) is 25.2 Å². The van der Waals surface area contributed by atoms with Gasteiger partial charge in [0, 0.05) is 7.11 Å². The molecule has 2 rings (SSSR count). The summed E-state index contributed by atoms with van der Waals surface area (Å²) in [6.45, 7) is 0.168. The van der Waals surface area contributed by atoms with Crippen LogP contribution < -0.4 is 5.32 Å². The summed E-state index contributed by atoms with van der Waals surface area (Å²) in [5, 5.41) is 27.2. The summed E-state index contributed by atoms with van der Waals surface area (Å²) in [7, 11) is 1.54. The average Bonchev–Trinajstić information content (AvgIpc) is 3.00. The number of aromatic nitrogens is 5. The number of nitrogens with one attached hydrogen (secondary N) is 1. The molecule has 21 heavy (non-hydrogen) atoms. The SMILES string of the molecule is COCc1nnc(NC(=O)Cn2nncc2CC(=O)O)s1. The molecule has 0 spiro atoms. The minimum absolute atomic E-state index is 0.151. The Morgan fingerprint density at radius 3 is 3.00 bits per heavy atom. The number of carboxylic acids is 1. The molecule has 2 N–H and O–H groups in total. The average molecular weight is 312 g/mol. The highest BCUT2D eigenvalue weighted by molar-refractivity contribution is 7.15. The second-order valence-corrected chi connectivity index (χ2v) is 5.00. The van der Waals surface area contributed by atoms with Crippen molar-refractivity contribution in [2.24, 2.45) is 0 Å². The van der Waals surface area contributed by atoms with E-state index in [0.29, 0.717) is 22.4 Å². The smallest absolute Gasteiger partial charge is 0.309 e. The molecule has 112 valence electrons. The van der Waals surface area contributed by atoms with E-state index in [-0.39, 0.29) is 13.0 Å². The fourth-order valence-corrected chi connectivity index (χ4v) is 2.21. The van der Waals surface area contributed by atoms with Gasteiger partial charge in [0.2, 0.25) is 11.0 Å². The van der Waals surface area contributed by atoms with E-state index in [1.54, 1.807) is 0 Å². The first-order valence-electron chi connectivity index (χ1n) is 5.79. The summed E-state index contributed by atoms with van der Waals surface area (Å²) in [6.07, 6.45) is 1.06. The molecule has 0 unspecified atom stereocenters. The zero-order chi connectivity index (χ0) is 15.2. The second-order valence-electron chi connectivity index (χ2n) is 3.94. The van der Waals surface area contributed by atoms with Crippen LogP contribution in [0.15, 0.2) is 6.20 Å². The van der Waals surface area contributed by atoms with Gasteiger partial charge < -0.3 is 9.84 Å². The lowest BCUT2D eigenvalue weighted by Crippen LogP contribution is -2.21. The molecule has 0 aliphatic rings. The second kappa shape index (κ2) is 6.85. The lowest BCUT2D eigenvalue weighted by molar-refractivity contribution is -0.136. The Labute approximate surface area is 122 Å². The van der Waals surface area contributed by atoms with Crippen molar-refractivity contribution in [2.45, 2.75) is 19.6 Å². The Morgan fingerprint density at radius 1 is 1.48 bits per heavy atom. The maximum absolute atomic E-state index is 11.8. The van der Waals surface area contributed by atoms with Crippen LogP contribution in [0.25, 0.3) is 0 Å². The van der Waals surface area contributed by atoms with Gasteiger partial charge in [-0.25, -0.2) is 4.68 Å². The fourth-order valence-electron chi connectivity index (χ4n) is 1.48. The molecule has 0 aliphatic heterocycles. The molecule has 11 heteroatoms. The maximum Gasteiger partial charge on any atom is 0.309 e. The summed E-state index contributed by atoms with van der Waals surface area (Å²) < 4.78 is 6.12. The summed E-state index contributed by atoms with van der Waals surface area (Å²) in [6, 6.07) is 0. The van der Waals surface area contributed by atoms with E-state index in [2.05, 4.69) is 25.8 Å². The number of carbonyl (C=O) groups is 2. The summed E-state index contributed by atoms with van der Waals surface area (Å²) in [5.74, 6) is -1.42. The van der Waals surface area contributed by atoms with Crippen molar-refractivity contribution in [3.8, 4) is 0 Å². The zero-order valence-electron chi connectivity index (χ0n) is 11.0. The van der Waals surface area contributed by atoms with Crippen LogP contribution >= 0.6 is 11.3 Å². The van der Waals surface area contributed by atoms with Gasteiger partial charge >= 0.3 is 5.97 Å². The largest absolute Gasteiger partial charge is 0.481 e. The summed E-state index contributed by atoms with van der Waals surface area (Å²) >= 11 is 1.19. The summed E-state index contributed by atoms with van der Waals surface area (Å²) in [5.41, 5.74) is 0.343. The highest BCUT2D eigenvalue weighted by Crippen LogP contribution is 2.15. The van der Waals surface area contributed by atoms with Gasteiger partial charge in [-0.3, -0.25) is 14.9 Å². The third kappa shape index (κ3) is 4.29. The number of rotatable bonds is 7. The first-order chi connectivity index (χ1) is 10.1. The van der Waals surface area contributed by atoms with E-state index in [1.165, 1.54) is 29.3 Å². The van der Waals surface area contributed by atoms with Crippen LogP contribution in [0.4, 0.5) is 5.13 Å². The van der Waals surface area contributed by atoms with Crippen molar-refractivity contribution < 1.29 is 19.4 Å². The molecule has 0 bridgehead atoms. The molecule has 0 saturated heterocycles. The Balaban J connectivity index is 1.95. The highest BCUT2D eigenvalue weighted by atomic mass is 32.1. The van der Waals surface area contributed by atoms with Crippen LogP contribution in [-0.4, -0.2) is 49.3 Å². The molecule has 10 nitrogen and oxygen atoms in total. The Morgan fingerprint density at radius 2 is 2.29 bits per heavy atom. The number of aliphatic carboxylic acids is 1. The van der Waals surface area contributed by atoms with Crippen LogP contribution in [0.2, 0.25) is 0 Å². The first-order valence-corrected chi connectivity index (χ1v) is 6.60. The minimum atomic E-state index is -1.02. The number of anilines is 1. The zero-order valence-corrected chi connectivity index (χ0v) is 11.8. The van der Waals surface area contributed by atoms with Gasteiger partial charge in [-0.2, -0.15) is 0 Å². The predicted molar refractivity (Wildman–Crippen MR) is 70.6 cm³/mol.